The summed E-state index contributed by atoms with van der Waals surface area (Å²) < 4.78 is 0. The molecule has 1 aromatic carbocycles. The highest BCUT2D eigenvalue weighted by molar-refractivity contribution is 7.13. The predicted molar refractivity (Wildman–Crippen MR) is 129 cm³/mol. The monoisotopic (exact) mass is 474 g/mol. The molecule has 0 aliphatic carbocycles. The first-order valence-corrected chi connectivity index (χ1v) is 12.7. The molecule has 2 saturated heterocycles. The highest BCUT2D eigenvalue weighted by Gasteiger charge is 2.28. The Morgan fingerprint density at radius 2 is 1.78 bits per heavy atom. The maximum Gasteiger partial charge on any atom is 0.253 e. The molecule has 0 spiro atoms. The van der Waals surface area contributed by atoms with E-state index >= 15 is 0 Å². The third kappa shape index (κ3) is 5.88. The maximum atomic E-state index is 12.8. The van der Waals surface area contributed by atoms with Crippen molar-refractivity contribution in [3.05, 3.63) is 45.9 Å². The Labute approximate surface area is 199 Å². The summed E-state index contributed by atoms with van der Waals surface area (Å²) in [6.07, 6.45) is 2.61. The quantitative estimate of drug-likeness (QED) is 0.678. The van der Waals surface area contributed by atoms with Crippen molar-refractivity contribution in [2.24, 2.45) is 17.8 Å². The number of carbonyl (C=O) groups excluding carboxylic acids is 2. The molecule has 2 aliphatic rings. The zero-order valence-electron chi connectivity index (χ0n) is 18.7. The molecule has 6 nitrogen and oxygen atoms in total. The van der Waals surface area contributed by atoms with Gasteiger partial charge in [0.25, 0.3) is 5.91 Å². The molecule has 2 amide bonds. The van der Waals surface area contributed by atoms with Crippen LogP contribution in [-0.4, -0.2) is 52.8 Å². The van der Waals surface area contributed by atoms with E-state index in [1.165, 1.54) is 17.8 Å². The van der Waals surface area contributed by atoms with E-state index in [0.717, 1.165) is 25.3 Å². The van der Waals surface area contributed by atoms with E-state index in [-0.39, 0.29) is 17.7 Å². The standard InChI is InChI=1S/C24H31ClN4O2S/c1-16-11-17(2)13-28(12-16)14-21-15-32-24(26-21)27-22(30)18-7-9-29(10-8-18)23(31)19-3-5-20(25)6-4-19/h3-6,15-18H,7-14H2,1-2H3,(H,26,27,30)/t16-,17-/m1/s1. The van der Waals surface area contributed by atoms with E-state index in [0.29, 0.717) is 53.5 Å². The van der Waals surface area contributed by atoms with Gasteiger partial charge in [0.15, 0.2) is 5.13 Å². The van der Waals surface area contributed by atoms with Gasteiger partial charge in [0, 0.05) is 54.6 Å². The second-order valence-electron chi connectivity index (χ2n) is 9.35. The second-order valence-corrected chi connectivity index (χ2v) is 10.6. The predicted octanol–water partition coefficient (Wildman–Crippen LogP) is 4.77. The van der Waals surface area contributed by atoms with Crippen LogP contribution in [0.1, 0.15) is 49.2 Å². The Kier molecular flexibility index (Phi) is 7.48. The van der Waals surface area contributed by atoms with Crippen LogP contribution in [0.3, 0.4) is 0 Å². The van der Waals surface area contributed by atoms with Crippen molar-refractivity contribution in [1.82, 2.24) is 14.8 Å². The lowest BCUT2D eigenvalue weighted by Crippen LogP contribution is -2.41. The maximum absolute atomic E-state index is 12.8. The molecule has 4 rings (SSSR count). The molecule has 2 aliphatic heterocycles. The molecular formula is C24H31ClN4O2S. The zero-order valence-corrected chi connectivity index (χ0v) is 20.3. The van der Waals surface area contributed by atoms with E-state index in [2.05, 4.69) is 29.0 Å². The van der Waals surface area contributed by atoms with Crippen molar-refractivity contribution in [3.63, 3.8) is 0 Å². The summed E-state index contributed by atoms with van der Waals surface area (Å²) in [5, 5.41) is 6.33. The summed E-state index contributed by atoms with van der Waals surface area (Å²) in [5.41, 5.74) is 1.65. The minimum absolute atomic E-state index is 0.00436. The van der Waals surface area contributed by atoms with Crippen molar-refractivity contribution >= 4 is 39.9 Å². The van der Waals surface area contributed by atoms with Crippen LogP contribution >= 0.6 is 22.9 Å². The third-order valence-electron chi connectivity index (χ3n) is 6.36. The van der Waals surface area contributed by atoms with Gasteiger partial charge in [0.05, 0.1) is 5.69 Å². The highest BCUT2D eigenvalue weighted by Crippen LogP contribution is 2.25. The number of piperidine rings is 2. The van der Waals surface area contributed by atoms with Gasteiger partial charge >= 0.3 is 0 Å². The number of halogens is 1. The van der Waals surface area contributed by atoms with E-state index < -0.39 is 0 Å². The Bertz CT molecular complexity index is 930. The lowest BCUT2D eigenvalue weighted by atomic mass is 9.92. The van der Waals surface area contributed by atoms with Gasteiger partial charge in [0.2, 0.25) is 5.91 Å². The molecule has 2 atom stereocenters. The lowest BCUT2D eigenvalue weighted by molar-refractivity contribution is -0.121. The number of likely N-dealkylation sites (tertiary alicyclic amines) is 2. The molecule has 172 valence electrons. The fourth-order valence-corrected chi connectivity index (χ4v) is 5.74. The molecule has 3 heterocycles. The van der Waals surface area contributed by atoms with Gasteiger partial charge in [-0.15, -0.1) is 11.3 Å². The molecule has 0 bridgehead atoms. The molecule has 0 unspecified atom stereocenters. The summed E-state index contributed by atoms with van der Waals surface area (Å²) >= 11 is 7.40. The molecule has 2 aromatic rings. The van der Waals surface area contributed by atoms with Crippen LogP contribution in [0.15, 0.2) is 29.6 Å². The number of nitrogens with one attached hydrogen (secondary N) is 1. The van der Waals surface area contributed by atoms with Gasteiger partial charge < -0.3 is 10.2 Å². The molecule has 1 N–H and O–H groups in total. The first kappa shape index (κ1) is 23.2. The molecule has 32 heavy (non-hydrogen) atoms. The number of aromatic nitrogens is 1. The number of anilines is 1. The minimum Gasteiger partial charge on any atom is -0.339 e. The average Bonchev–Trinajstić information content (AvgIpc) is 3.19. The Balaban J connectivity index is 1.25. The number of rotatable bonds is 5. The van der Waals surface area contributed by atoms with E-state index in [1.807, 2.05) is 10.3 Å². The third-order valence-corrected chi connectivity index (χ3v) is 7.41. The molecule has 1 aromatic heterocycles. The summed E-state index contributed by atoms with van der Waals surface area (Å²) in [4.78, 5) is 34.3. The van der Waals surface area contributed by atoms with Crippen LogP contribution in [0.4, 0.5) is 5.13 Å². The van der Waals surface area contributed by atoms with Crippen molar-refractivity contribution in [2.45, 2.75) is 39.7 Å². The number of nitrogens with zero attached hydrogens (tertiary/aromatic N) is 3. The minimum atomic E-state index is -0.0968. The highest BCUT2D eigenvalue weighted by atomic mass is 35.5. The van der Waals surface area contributed by atoms with E-state index in [1.54, 1.807) is 24.3 Å². The van der Waals surface area contributed by atoms with Crippen molar-refractivity contribution in [1.29, 1.82) is 0 Å². The van der Waals surface area contributed by atoms with Crippen LogP contribution in [-0.2, 0) is 11.3 Å². The van der Waals surface area contributed by atoms with Gasteiger partial charge in [-0.25, -0.2) is 4.98 Å². The molecule has 2 fully saturated rings. The SMILES string of the molecule is C[C@@H]1C[C@@H](C)CN(Cc2csc(NC(=O)C3CCN(C(=O)c4ccc(Cl)cc4)CC3)n2)C1. The smallest absolute Gasteiger partial charge is 0.253 e. The largest absolute Gasteiger partial charge is 0.339 e. The number of hydrogen-bond acceptors (Lipinski definition) is 5. The van der Waals surface area contributed by atoms with E-state index in [9.17, 15) is 9.59 Å². The Hall–Kier alpha value is -1.96. The number of thiazole rings is 1. The van der Waals surface area contributed by atoms with Crippen molar-refractivity contribution < 1.29 is 9.59 Å². The normalized spacial score (nSPS) is 22.7. The van der Waals surface area contributed by atoms with Crippen molar-refractivity contribution in [3.8, 4) is 0 Å². The molecular weight excluding hydrogens is 444 g/mol. The summed E-state index contributed by atoms with van der Waals surface area (Å²) in [6, 6.07) is 6.94. The van der Waals surface area contributed by atoms with E-state index in [4.69, 9.17) is 11.6 Å². The summed E-state index contributed by atoms with van der Waals surface area (Å²) in [7, 11) is 0. The number of amides is 2. The van der Waals surface area contributed by atoms with Crippen LogP contribution in [0.25, 0.3) is 0 Å². The van der Waals surface area contributed by atoms with Crippen molar-refractivity contribution in [2.75, 3.05) is 31.5 Å². The van der Waals surface area contributed by atoms with Gasteiger partial charge in [-0.3, -0.25) is 14.5 Å². The molecule has 8 heteroatoms. The first-order chi connectivity index (χ1) is 15.4. The van der Waals surface area contributed by atoms with Gasteiger partial charge in [-0.2, -0.15) is 0 Å². The Morgan fingerprint density at radius 3 is 2.44 bits per heavy atom. The zero-order chi connectivity index (χ0) is 22.7. The molecule has 0 saturated carbocycles. The van der Waals surface area contributed by atoms with Crippen LogP contribution in [0.5, 0.6) is 0 Å². The van der Waals surface area contributed by atoms with Gasteiger partial charge in [0.1, 0.15) is 0 Å². The topological polar surface area (TPSA) is 65.5 Å². The van der Waals surface area contributed by atoms with Crippen LogP contribution in [0, 0.1) is 17.8 Å². The fraction of sp³-hybridized carbons (Fsp3) is 0.542. The van der Waals surface area contributed by atoms with Gasteiger partial charge in [-0.1, -0.05) is 25.4 Å². The average molecular weight is 475 g/mol. The lowest BCUT2D eigenvalue weighted by Gasteiger charge is -2.34. The number of benzene rings is 1. The summed E-state index contributed by atoms with van der Waals surface area (Å²) in [5.74, 6) is 1.33. The van der Waals surface area contributed by atoms with Crippen LogP contribution < -0.4 is 5.32 Å². The number of hydrogen-bond donors (Lipinski definition) is 1. The van der Waals surface area contributed by atoms with Gasteiger partial charge in [-0.05, 0) is 55.4 Å². The molecule has 0 radical (unpaired) electrons. The Morgan fingerprint density at radius 1 is 1.12 bits per heavy atom. The fourth-order valence-electron chi connectivity index (χ4n) is 4.91. The second kappa shape index (κ2) is 10.3. The van der Waals surface area contributed by atoms with Crippen LogP contribution in [0.2, 0.25) is 5.02 Å². The number of carbonyl (C=O) groups is 2. The summed E-state index contributed by atoms with van der Waals surface area (Å²) in [6.45, 7) is 8.83. The first-order valence-electron chi connectivity index (χ1n) is 11.4.